The summed E-state index contributed by atoms with van der Waals surface area (Å²) in [5.74, 6) is 1.55. The first kappa shape index (κ1) is 14.8. The van der Waals surface area contributed by atoms with E-state index in [0.717, 1.165) is 41.9 Å². The first-order chi connectivity index (χ1) is 10.6. The van der Waals surface area contributed by atoms with E-state index >= 15 is 0 Å². The van der Waals surface area contributed by atoms with Gasteiger partial charge in [0, 0.05) is 25.0 Å². The van der Waals surface area contributed by atoms with E-state index in [4.69, 9.17) is 0 Å². The third-order valence-electron chi connectivity index (χ3n) is 4.05. The van der Waals surface area contributed by atoms with Crippen LogP contribution in [0.25, 0.3) is 10.9 Å². The second kappa shape index (κ2) is 5.91. The quantitative estimate of drug-likeness (QED) is 0.872. The molecule has 0 spiro atoms. The van der Waals surface area contributed by atoms with Gasteiger partial charge in [-0.25, -0.2) is 9.97 Å². The zero-order valence-electron chi connectivity index (χ0n) is 13.4. The number of carbonyl (C=O) groups excluding carboxylic acids is 1. The van der Waals surface area contributed by atoms with Crippen molar-refractivity contribution in [3.05, 3.63) is 30.1 Å². The van der Waals surface area contributed by atoms with Gasteiger partial charge in [0.1, 0.15) is 12.1 Å². The predicted molar refractivity (Wildman–Crippen MR) is 87.9 cm³/mol. The lowest BCUT2D eigenvalue weighted by molar-refractivity contribution is -0.131. The lowest BCUT2D eigenvalue weighted by atomic mass is 10.1. The number of fused-ring (bicyclic) bond motifs is 1. The van der Waals surface area contributed by atoms with Gasteiger partial charge < -0.3 is 9.80 Å². The number of carbonyl (C=O) groups is 1. The molecule has 5 heteroatoms. The molecule has 1 amide bonds. The number of aromatic nitrogens is 2. The largest absolute Gasteiger partial charge is 0.345 e. The van der Waals surface area contributed by atoms with E-state index in [0.29, 0.717) is 12.5 Å². The number of para-hydroxylation sites is 1. The molecule has 1 aromatic carbocycles. The van der Waals surface area contributed by atoms with Gasteiger partial charge in [-0.1, -0.05) is 26.0 Å². The van der Waals surface area contributed by atoms with Crippen molar-refractivity contribution >= 4 is 22.6 Å². The van der Waals surface area contributed by atoms with E-state index in [1.807, 2.05) is 30.0 Å². The van der Waals surface area contributed by atoms with Crippen molar-refractivity contribution in [2.45, 2.75) is 20.8 Å². The highest BCUT2D eigenvalue weighted by molar-refractivity contribution is 5.93. The molecule has 1 aliphatic rings. The minimum absolute atomic E-state index is 0.180. The number of hydrogen-bond donors (Lipinski definition) is 0. The monoisotopic (exact) mass is 298 g/mol. The Morgan fingerprint density at radius 1 is 1.23 bits per heavy atom. The molecule has 2 heterocycles. The van der Waals surface area contributed by atoms with Gasteiger partial charge in [-0.05, 0) is 24.5 Å². The first-order valence-electron chi connectivity index (χ1n) is 7.79. The summed E-state index contributed by atoms with van der Waals surface area (Å²) in [4.78, 5) is 25.2. The highest BCUT2D eigenvalue weighted by Crippen LogP contribution is 2.25. The van der Waals surface area contributed by atoms with Crippen LogP contribution in [0.2, 0.25) is 0 Å². The number of aryl methyl sites for hydroxylation is 1. The predicted octanol–water partition coefficient (Wildman–Crippen LogP) is 2.24. The minimum atomic E-state index is 0.180. The Labute approximate surface area is 131 Å². The SMILES string of the molecule is Cc1cccc2c(N3CCN(CC(C)C)C(=O)C3)ncnc12. The first-order valence-corrected chi connectivity index (χ1v) is 7.79. The summed E-state index contributed by atoms with van der Waals surface area (Å²) in [7, 11) is 0. The lowest BCUT2D eigenvalue weighted by Gasteiger charge is -2.36. The molecule has 0 radical (unpaired) electrons. The second-order valence-electron chi connectivity index (χ2n) is 6.32. The molecule has 1 aliphatic heterocycles. The fraction of sp³-hybridized carbons (Fsp3) is 0.471. The summed E-state index contributed by atoms with van der Waals surface area (Å²) in [6, 6.07) is 6.09. The highest BCUT2D eigenvalue weighted by atomic mass is 16.2. The smallest absolute Gasteiger partial charge is 0.242 e. The summed E-state index contributed by atoms with van der Waals surface area (Å²) >= 11 is 0. The molecule has 1 fully saturated rings. The Bertz CT molecular complexity index is 698. The fourth-order valence-corrected chi connectivity index (χ4v) is 3.00. The lowest BCUT2D eigenvalue weighted by Crippen LogP contribution is -2.51. The number of benzene rings is 1. The molecule has 0 saturated carbocycles. The number of nitrogens with zero attached hydrogens (tertiary/aromatic N) is 4. The molecule has 1 saturated heterocycles. The highest BCUT2D eigenvalue weighted by Gasteiger charge is 2.26. The fourth-order valence-electron chi connectivity index (χ4n) is 3.00. The molecule has 5 nitrogen and oxygen atoms in total. The van der Waals surface area contributed by atoms with E-state index in [2.05, 4.69) is 28.7 Å². The molecule has 0 unspecified atom stereocenters. The summed E-state index contributed by atoms with van der Waals surface area (Å²) in [5.41, 5.74) is 2.09. The Morgan fingerprint density at radius 2 is 2.05 bits per heavy atom. The van der Waals surface area contributed by atoms with Gasteiger partial charge in [0.2, 0.25) is 5.91 Å². The molecule has 0 aliphatic carbocycles. The Hall–Kier alpha value is -2.17. The molecular weight excluding hydrogens is 276 g/mol. The number of hydrogen-bond acceptors (Lipinski definition) is 4. The number of rotatable bonds is 3. The zero-order chi connectivity index (χ0) is 15.7. The maximum Gasteiger partial charge on any atom is 0.242 e. The Kier molecular flexibility index (Phi) is 3.96. The topological polar surface area (TPSA) is 49.3 Å². The van der Waals surface area contributed by atoms with Crippen LogP contribution in [0, 0.1) is 12.8 Å². The van der Waals surface area contributed by atoms with Gasteiger partial charge >= 0.3 is 0 Å². The average Bonchev–Trinajstić information content (AvgIpc) is 2.49. The molecule has 0 N–H and O–H groups in total. The van der Waals surface area contributed by atoms with Crippen LogP contribution in [0.1, 0.15) is 19.4 Å². The third-order valence-corrected chi connectivity index (χ3v) is 4.05. The Morgan fingerprint density at radius 3 is 2.77 bits per heavy atom. The maximum absolute atomic E-state index is 12.4. The van der Waals surface area contributed by atoms with Crippen molar-refractivity contribution in [3.63, 3.8) is 0 Å². The van der Waals surface area contributed by atoms with Crippen molar-refractivity contribution in [2.24, 2.45) is 5.92 Å². The van der Waals surface area contributed by atoms with Crippen molar-refractivity contribution in [2.75, 3.05) is 31.1 Å². The average molecular weight is 298 g/mol. The van der Waals surface area contributed by atoms with Gasteiger partial charge in [-0.15, -0.1) is 0 Å². The molecule has 116 valence electrons. The van der Waals surface area contributed by atoms with Crippen molar-refractivity contribution in [1.29, 1.82) is 0 Å². The van der Waals surface area contributed by atoms with Gasteiger partial charge in [-0.3, -0.25) is 4.79 Å². The summed E-state index contributed by atoms with van der Waals surface area (Å²) in [6.07, 6.45) is 1.59. The van der Waals surface area contributed by atoms with Crippen LogP contribution in [0.15, 0.2) is 24.5 Å². The standard InChI is InChI=1S/C17H22N4O/c1-12(2)9-20-7-8-21(10-15(20)22)17-14-6-4-5-13(3)16(14)18-11-19-17/h4-6,11-12H,7-10H2,1-3H3. The van der Waals surface area contributed by atoms with E-state index in [9.17, 15) is 4.79 Å². The van der Waals surface area contributed by atoms with Gasteiger partial charge in [0.05, 0.1) is 12.1 Å². The van der Waals surface area contributed by atoms with Crippen molar-refractivity contribution in [1.82, 2.24) is 14.9 Å². The molecule has 3 rings (SSSR count). The summed E-state index contributed by atoms with van der Waals surface area (Å²) in [5, 5.41) is 1.02. The molecular formula is C17H22N4O. The minimum Gasteiger partial charge on any atom is -0.345 e. The van der Waals surface area contributed by atoms with Crippen LogP contribution in [-0.4, -0.2) is 47.0 Å². The second-order valence-corrected chi connectivity index (χ2v) is 6.32. The van der Waals surface area contributed by atoms with Gasteiger partial charge in [0.15, 0.2) is 0 Å². The summed E-state index contributed by atoms with van der Waals surface area (Å²) < 4.78 is 0. The van der Waals surface area contributed by atoms with Gasteiger partial charge in [-0.2, -0.15) is 0 Å². The van der Waals surface area contributed by atoms with Crippen LogP contribution >= 0.6 is 0 Å². The molecule has 22 heavy (non-hydrogen) atoms. The van der Waals surface area contributed by atoms with E-state index < -0.39 is 0 Å². The van der Waals surface area contributed by atoms with Crippen molar-refractivity contribution < 1.29 is 4.79 Å². The molecule has 1 aromatic heterocycles. The van der Waals surface area contributed by atoms with Crippen molar-refractivity contribution in [3.8, 4) is 0 Å². The zero-order valence-corrected chi connectivity index (χ0v) is 13.4. The van der Waals surface area contributed by atoms with E-state index in [1.54, 1.807) is 6.33 Å². The van der Waals surface area contributed by atoms with Crippen LogP contribution in [-0.2, 0) is 4.79 Å². The van der Waals surface area contributed by atoms with E-state index in [-0.39, 0.29) is 5.91 Å². The third kappa shape index (κ3) is 2.75. The maximum atomic E-state index is 12.4. The number of piperazine rings is 1. The van der Waals surface area contributed by atoms with Crippen LogP contribution < -0.4 is 4.90 Å². The molecule has 0 bridgehead atoms. The van der Waals surface area contributed by atoms with Crippen LogP contribution in [0.3, 0.4) is 0 Å². The van der Waals surface area contributed by atoms with Crippen LogP contribution in [0.4, 0.5) is 5.82 Å². The molecule has 2 aromatic rings. The Balaban J connectivity index is 1.87. The normalized spacial score (nSPS) is 15.9. The van der Waals surface area contributed by atoms with Gasteiger partial charge in [0.25, 0.3) is 0 Å². The molecule has 0 atom stereocenters. The summed E-state index contributed by atoms with van der Waals surface area (Å²) in [6.45, 7) is 9.13. The number of amides is 1. The van der Waals surface area contributed by atoms with E-state index in [1.165, 1.54) is 0 Å². The van der Waals surface area contributed by atoms with Crippen LogP contribution in [0.5, 0.6) is 0 Å². The number of anilines is 1.